The number of rotatable bonds is 5. The van der Waals surface area contributed by atoms with E-state index in [1.165, 1.54) is 6.42 Å². The fourth-order valence-electron chi connectivity index (χ4n) is 2.91. The lowest BCUT2D eigenvalue weighted by atomic mass is 10.00. The molecule has 0 aromatic carbocycles. The van der Waals surface area contributed by atoms with Crippen LogP contribution in [0.5, 0.6) is 0 Å². The van der Waals surface area contributed by atoms with Gasteiger partial charge in [0.05, 0.1) is 0 Å². The van der Waals surface area contributed by atoms with Crippen molar-refractivity contribution >= 4 is 11.9 Å². The van der Waals surface area contributed by atoms with Crippen molar-refractivity contribution in [2.75, 3.05) is 0 Å². The predicted molar refractivity (Wildman–Crippen MR) is 63.3 cm³/mol. The maximum atomic E-state index is 11.9. The van der Waals surface area contributed by atoms with Gasteiger partial charge in [-0.3, -0.25) is 4.79 Å². The molecule has 96 valence electrons. The van der Waals surface area contributed by atoms with Crippen LogP contribution in [-0.4, -0.2) is 23.0 Å². The minimum atomic E-state index is -0.921. The van der Waals surface area contributed by atoms with Gasteiger partial charge in [-0.1, -0.05) is 13.8 Å². The number of aliphatic carboxylic acids is 1. The Morgan fingerprint density at radius 1 is 1.24 bits per heavy atom. The van der Waals surface area contributed by atoms with E-state index in [-0.39, 0.29) is 17.7 Å². The van der Waals surface area contributed by atoms with Gasteiger partial charge in [-0.05, 0) is 43.4 Å². The molecular weight excluding hydrogens is 218 g/mol. The summed E-state index contributed by atoms with van der Waals surface area (Å²) in [6.07, 6.45) is 3.70. The average Bonchev–Trinajstić information content (AvgIpc) is 2.84. The van der Waals surface area contributed by atoms with Crippen molar-refractivity contribution in [1.29, 1.82) is 0 Å². The molecular formula is C13H21NO3. The molecule has 0 saturated heterocycles. The second-order valence-electron chi connectivity index (χ2n) is 5.95. The third-order valence-corrected chi connectivity index (χ3v) is 3.94. The summed E-state index contributed by atoms with van der Waals surface area (Å²) in [5.41, 5.74) is 0. The van der Waals surface area contributed by atoms with Gasteiger partial charge in [-0.2, -0.15) is 0 Å². The fourth-order valence-corrected chi connectivity index (χ4v) is 2.91. The molecule has 4 heteroatoms. The van der Waals surface area contributed by atoms with Gasteiger partial charge in [0.1, 0.15) is 6.04 Å². The number of nitrogens with one attached hydrogen (secondary N) is 1. The quantitative estimate of drug-likeness (QED) is 0.766. The Balaban J connectivity index is 1.84. The highest BCUT2D eigenvalue weighted by molar-refractivity contribution is 5.85. The number of carboxylic acid groups (broad SMARTS) is 1. The van der Waals surface area contributed by atoms with Crippen molar-refractivity contribution in [3.8, 4) is 0 Å². The lowest BCUT2D eigenvalue weighted by Gasteiger charge is -2.19. The van der Waals surface area contributed by atoms with Gasteiger partial charge in [-0.25, -0.2) is 4.79 Å². The Morgan fingerprint density at radius 2 is 1.82 bits per heavy atom. The predicted octanol–water partition coefficient (Wildman–Crippen LogP) is 1.65. The summed E-state index contributed by atoms with van der Waals surface area (Å²) >= 11 is 0. The maximum Gasteiger partial charge on any atom is 0.326 e. The van der Waals surface area contributed by atoms with Gasteiger partial charge in [0.15, 0.2) is 0 Å². The van der Waals surface area contributed by atoms with Crippen molar-refractivity contribution in [3.63, 3.8) is 0 Å². The molecule has 2 saturated carbocycles. The van der Waals surface area contributed by atoms with E-state index in [1.807, 2.05) is 13.8 Å². The van der Waals surface area contributed by atoms with Gasteiger partial charge in [0.2, 0.25) is 5.91 Å². The molecule has 3 unspecified atom stereocenters. The van der Waals surface area contributed by atoms with Crippen LogP contribution in [-0.2, 0) is 9.59 Å². The largest absolute Gasteiger partial charge is 0.480 e. The van der Waals surface area contributed by atoms with Crippen molar-refractivity contribution < 1.29 is 14.7 Å². The van der Waals surface area contributed by atoms with Crippen LogP contribution in [0.25, 0.3) is 0 Å². The normalized spacial score (nSPS) is 32.1. The molecule has 2 rings (SSSR count). The molecule has 2 N–H and O–H groups in total. The number of hydrogen-bond acceptors (Lipinski definition) is 2. The smallest absolute Gasteiger partial charge is 0.326 e. The van der Waals surface area contributed by atoms with Crippen molar-refractivity contribution in [2.24, 2.45) is 23.7 Å². The molecule has 17 heavy (non-hydrogen) atoms. The topological polar surface area (TPSA) is 66.4 Å². The summed E-state index contributed by atoms with van der Waals surface area (Å²) in [6, 6.07) is -0.723. The van der Waals surface area contributed by atoms with Gasteiger partial charge in [0, 0.05) is 5.92 Å². The third kappa shape index (κ3) is 2.99. The summed E-state index contributed by atoms with van der Waals surface area (Å²) in [6.45, 7) is 3.93. The van der Waals surface area contributed by atoms with Crippen LogP contribution in [0.4, 0.5) is 0 Å². The Hall–Kier alpha value is -1.06. The minimum absolute atomic E-state index is 0.0507. The van der Waals surface area contributed by atoms with Gasteiger partial charge >= 0.3 is 5.97 Å². The van der Waals surface area contributed by atoms with Gasteiger partial charge < -0.3 is 10.4 Å². The molecule has 3 atom stereocenters. The molecule has 0 spiro atoms. The van der Waals surface area contributed by atoms with E-state index in [0.717, 1.165) is 24.7 Å². The van der Waals surface area contributed by atoms with E-state index < -0.39 is 12.0 Å². The molecule has 2 fully saturated rings. The minimum Gasteiger partial charge on any atom is -0.480 e. The molecule has 0 heterocycles. The van der Waals surface area contributed by atoms with Crippen molar-refractivity contribution in [2.45, 2.75) is 45.6 Å². The molecule has 0 aromatic heterocycles. The molecule has 2 aliphatic carbocycles. The Bertz CT molecular complexity index is 317. The van der Waals surface area contributed by atoms with E-state index in [4.69, 9.17) is 5.11 Å². The Labute approximate surface area is 102 Å². The SMILES string of the molecule is CC(C)CC(NC(=O)C1CC2CC2C1)C(=O)O. The van der Waals surface area contributed by atoms with Crippen LogP contribution in [0.1, 0.15) is 39.5 Å². The highest BCUT2D eigenvalue weighted by Crippen LogP contribution is 2.54. The van der Waals surface area contributed by atoms with E-state index in [9.17, 15) is 9.59 Å². The summed E-state index contributed by atoms with van der Waals surface area (Å²) in [4.78, 5) is 23.0. The van der Waals surface area contributed by atoms with Gasteiger partial charge in [-0.15, -0.1) is 0 Å². The lowest BCUT2D eigenvalue weighted by molar-refractivity contribution is -0.143. The zero-order valence-corrected chi connectivity index (χ0v) is 10.5. The maximum absolute atomic E-state index is 11.9. The number of carbonyl (C=O) groups excluding carboxylic acids is 1. The van der Waals surface area contributed by atoms with Crippen molar-refractivity contribution in [1.82, 2.24) is 5.32 Å². The second-order valence-corrected chi connectivity index (χ2v) is 5.95. The molecule has 0 radical (unpaired) electrons. The van der Waals surface area contributed by atoms with E-state index in [2.05, 4.69) is 5.32 Å². The first-order chi connectivity index (χ1) is 7.97. The highest BCUT2D eigenvalue weighted by Gasteiger charge is 2.48. The molecule has 1 amide bonds. The Kier molecular flexibility index (Phi) is 3.40. The van der Waals surface area contributed by atoms with Crippen molar-refractivity contribution in [3.05, 3.63) is 0 Å². The monoisotopic (exact) mass is 239 g/mol. The van der Waals surface area contributed by atoms with E-state index in [1.54, 1.807) is 0 Å². The zero-order chi connectivity index (χ0) is 12.6. The third-order valence-electron chi connectivity index (χ3n) is 3.94. The molecule has 2 aliphatic rings. The fraction of sp³-hybridized carbons (Fsp3) is 0.846. The Morgan fingerprint density at radius 3 is 2.29 bits per heavy atom. The summed E-state index contributed by atoms with van der Waals surface area (Å²) < 4.78 is 0. The first-order valence-electron chi connectivity index (χ1n) is 6.50. The zero-order valence-electron chi connectivity index (χ0n) is 10.5. The second kappa shape index (κ2) is 4.67. The molecule has 0 bridgehead atoms. The summed E-state index contributed by atoms with van der Waals surface area (Å²) in [7, 11) is 0. The van der Waals surface area contributed by atoms with E-state index >= 15 is 0 Å². The molecule has 0 aromatic rings. The number of fused-ring (bicyclic) bond motifs is 1. The van der Waals surface area contributed by atoms with Crippen LogP contribution in [0.2, 0.25) is 0 Å². The number of carbonyl (C=O) groups is 2. The highest BCUT2D eigenvalue weighted by atomic mass is 16.4. The van der Waals surface area contributed by atoms with E-state index in [0.29, 0.717) is 6.42 Å². The van der Waals surface area contributed by atoms with Crippen LogP contribution in [0.15, 0.2) is 0 Å². The average molecular weight is 239 g/mol. The number of hydrogen-bond donors (Lipinski definition) is 2. The molecule has 0 aliphatic heterocycles. The standard InChI is InChI=1S/C13H21NO3/c1-7(2)3-11(13(16)17)14-12(15)10-5-8-4-9(8)6-10/h7-11H,3-6H2,1-2H3,(H,14,15)(H,16,17). The first-order valence-corrected chi connectivity index (χ1v) is 6.50. The van der Waals surface area contributed by atoms with Crippen LogP contribution in [0, 0.1) is 23.7 Å². The first kappa shape index (κ1) is 12.4. The lowest BCUT2D eigenvalue weighted by Crippen LogP contribution is -2.44. The summed E-state index contributed by atoms with van der Waals surface area (Å²) in [5.74, 6) is 0.861. The van der Waals surface area contributed by atoms with Crippen LogP contribution in [0.3, 0.4) is 0 Å². The van der Waals surface area contributed by atoms with Gasteiger partial charge in [0.25, 0.3) is 0 Å². The summed E-state index contributed by atoms with van der Waals surface area (Å²) in [5, 5.41) is 11.8. The number of carboxylic acids is 1. The molecule has 4 nitrogen and oxygen atoms in total. The van der Waals surface area contributed by atoms with Crippen LogP contribution < -0.4 is 5.32 Å². The number of amides is 1. The van der Waals surface area contributed by atoms with Crippen LogP contribution >= 0.6 is 0 Å².